The van der Waals surface area contributed by atoms with Crippen molar-refractivity contribution in [2.24, 2.45) is 11.8 Å². The lowest BCUT2D eigenvalue weighted by molar-refractivity contribution is -0.152. The Balaban J connectivity index is 3.97. The van der Waals surface area contributed by atoms with E-state index in [2.05, 4.69) is 6.92 Å². The van der Waals surface area contributed by atoms with Crippen LogP contribution in [0.15, 0.2) is 0 Å². The fourth-order valence-corrected chi connectivity index (χ4v) is 4.37. The van der Waals surface area contributed by atoms with Crippen molar-refractivity contribution in [3.05, 3.63) is 0 Å². The van der Waals surface area contributed by atoms with Crippen molar-refractivity contribution in [1.29, 1.82) is 0 Å². The first-order valence-corrected chi connectivity index (χ1v) is 12.6. The molecule has 0 amide bonds. The Bertz CT molecular complexity index is 388. The molecule has 0 spiro atoms. The van der Waals surface area contributed by atoms with E-state index in [9.17, 15) is 20.1 Å². The first-order valence-electron chi connectivity index (χ1n) is 12.6. The lowest BCUT2D eigenvalue weighted by Gasteiger charge is -2.31. The van der Waals surface area contributed by atoms with Gasteiger partial charge in [-0.3, -0.25) is 4.79 Å². The number of methoxy groups -OCH3 is 1. The summed E-state index contributed by atoms with van der Waals surface area (Å²) in [5, 5.41) is 29.4. The van der Waals surface area contributed by atoms with Crippen molar-refractivity contribution < 1.29 is 24.9 Å². The number of aliphatic hydroxyl groups is 3. The molecular formula is C25H50O5. The normalized spacial score (nSPS) is 15.5. The molecule has 4 atom stereocenters. The monoisotopic (exact) mass is 430 g/mol. The van der Waals surface area contributed by atoms with Gasteiger partial charge in [-0.25, -0.2) is 0 Å². The third-order valence-corrected chi connectivity index (χ3v) is 6.37. The van der Waals surface area contributed by atoms with Crippen molar-refractivity contribution in [3.8, 4) is 0 Å². The lowest BCUT2D eigenvalue weighted by Crippen LogP contribution is -2.42. The van der Waals surface area contributed by atoms with Gasteiger partial charge in [-0.2, -0.15) is 0 Å². The molecule has 0 saturated carbocycles. The van der Waals surface area contributed by atoms with Gasteiger partial charge >= 0.3 is 5.97 Å². The summed E-state index contributed by atoms with van der Waals surface area (Å²) < 4.78 is 4.88. The van der Waals surface area contributed by atoms with Crippen LogP contribution in [0.3, 0.4) is 0 Å². The summed E-state index contributed by atoms with van der Waals surface area (Å²) in [5.41, 5.74) is 0. The fourth-order valence-electron chi connectivity index (χ4n) is 4.37. The van der Waals surface area contributed by atoms with Crippen LogP contribution < -0.4 is 0 Å². The predicted octanol–water partition coefficient (Wildman–Crippen LogP) is 5.39. The van der Waals surface area contributed by atoms with Crippen molar-refractivity contribution >= 4 is 5.97 Å². The number of rotatable bonds is 21. The molecule has 0 bridgehead atoms. The molecule has 0 fully saturated rings. The number of ether oxygens (including phenoxy) is 1. The van der Waals surface area contributed by atoms with Crippen LogP contribution in [0.2, 0.25) is 0 Å². The molecular weight excluding hydrogens is 380 g/mol. The van der Waals surface area contributed by atoms with Gasteiger partial charge in [0.25, 0.3) is 0 Å². The Morgan fingerprint density at radius 2 is 1.20 bits per heavy atom. The Morgan fingerprint density at radius 1 is 0.767 bits per heavy atom. The lowest BCUT2D eigenvalue weighted by atomic mass is 9.80. The fraction of sp³-hybridized carbons (Fsp3) is 0.960. The quantitative estimate of drug-likeness (QED) is 0.168. The summed E-state index contributed by atoms with van der Waals surface area (Å²) in [4.78, 5) is 12.1. The molecule has 0 aliphatic rings. The summed E-state index contributed by atoms with van der Waals surface area (Å²) in [6, 6.07) is 0. The van der Waals surface area contributed by atoms with Crippen LogP contribution in [0.25, 0.3) is 0 Å². The van der Waals surface area contributed by atoms with Gasteiger partial charge in [0.1, 0.15) is 6.10 Å². The van der Waals surface area contributed by atoms with Gasteiger partial charge in [0, 0.05) is 5.92 Å². The van der Waals surface area contributed by atoms with Gasteiger partial charge in [0.15, 0.2) is 0 Å². The van der Waals surface area contributed by atoms with E-state index >= 15 is 0 Å². The minimum Gasteiger partial charge on any atom is -0.469 e. The molecule has 0 aromatic carbocycles. The number of unbranched alkanes of at least 4 members (excludes halogenated alkanes) is 13. The van der Waals surface area contributed by atoms with E-state index in [-0.39, 0.29) is 11.9 Å². The van der Waals surface area contributed by atoms with E-state index < -0.39 is 24.7 Å². The second-order valence-electron chi connectivity index (χ2n) is 8.83. The number of carbonyl (C=O) groups excluding carboxylic acids is 1. The topological polar surface area (TPSA) is 87.0 Å². The number of esters is 1. The van der Waals surface area contributed by atoms with E-state index in [0.717, 1.165) is 19.3 Å². The van der Waals surface area contributed by atoms with Crippen LogP contribution in [0.5, 0.6) is 0 Å². The molecule has 5 nitrogen and oxygen atoms in total. The second kappa shape index (κ2) is 20.3. The van der Waals surface area contributed by atoms with Gasteiger partial charge in [-0.15, -0.1) is 0 Å². The van der Waals surface area contributed by atoms with Crippen LogP contribution in [0.1, 0.15) is 117 Å². The average molecular weight is 431 g/mol. The molecule has 0 saturated heterocycles. The molecule has 0 rings (SSSR count). The third kappa shape index (κ3) is 13.6. The largest absolute Gasteiger partial charge is 0.469 e. The van der Waals surface area contributed by atoms with Gasteiger partial charge in [0.2, 0.25) is 0 Å². The van der Waals surface area contributed by atoms with Crippen LogP contribution in [-0.4, -0.2) is 47.2 Å². The summed E-state index contributed by atoms with van der Waals surface area (Å²) in [5.74, 6) is -1.19. The minimum atomic E-state index is -1.22. The van der Waals surface area contributed by atoms with Gasteiger partial charge < -0.3 is 20.1 Å². The van der Waals surface area contributed by atoms with Gasteiger partial charge in [-0.1, -0.05) is 104 Å². The molecule has 0 radical (unpaired) electrons. The Kier molecular flexibility index (Phi) is 19.8. The highest BCUT2D eigenvalue weighted by molar-refractivity contribution is 5.72. The average Bonchev–Trinajstić information content (AvgIpc) is 2.77. The molecule has 30 heavy (non-hydrogen) atoms. The van der Waals surface area contributed by atoms with Crippen LogP contribution in [-0.2, 0) is 9.53 Å². The number of hydrogen-bond donors (Lipinski definition) is 3. The van der Waals surface area contributed by atoms with E-state index in [1.54, 1.807) is 0 Å². The summed E-state index contributed by atoms with van der Waals surface area (Å²) in [7, 11) is 1.35. The zero-order valence-corrected chi connectivity index (χ0v) is 20.0. The van der Waals surface area contributed by atoms with E-state index in [1.807, 2.05) is 6.92 Å². The maximum absolute atomic E-state index is 12.1. The first kappa shape index (κ1) is 29.4. The summed E-state index contributed by atoms with van der Waals surface area (Å²) in [6.45, 7) is 3.64. The molecule has 3 N–H and O–H groups in total. The first-order chi connectivity index (χ1) is 14.5. The molecule has 180 valence electrons. The minimum absolute atomic E-state index is 0.350. The highest BCUT2D eigenvalue weighted by atomic mass is 16.5. The van der Waals surface area contributed by atoms with Crippen molar-refractivity contribution in [1.82, 2.24) is 0 Å². The van der Waals surface area contributed by atoms with Crippen molar-refractivity contribution in [2.45, 2.75) is 129 Å². The molecule has 0 heterocycles. The molecule has 0 aliphatic heterocycles. The maximum atomic E-state index is 12.1. The molecule has 0 unspecified atom stereocenters. The van der Waals surface area contributed by atoms with E-state index in [0.29, 0.717) is 12.8 Å². The smallest absolute Gasteiger partial charge is 0.309 e. The van der Waals surface area contributed by atoms with Crippen molar-refractivity contribution in [3.63, 3.8) is 0 Å². The van der Waals surface area contributed by atoms with E-state index in [1.165, 1.54) is 77.7 Å². The molecule has 5 heteroatoms. The third-order valence-electron chi connectivity index (χ3n) is 6.37. The highest BCUT2D eigenvalue weighted by Gasteiger charge is 2.35. The van der Waals surface area contributed by atoms with E-state index in [4.69, 9.17) is 4.74 Å². The SMILES string of the molecule is CCCCCCCCCCCCCCCC[C@@H]([C@@H](O)[C@H](O)CO)[C@@H](CC)C(=O)OC. The Labute approximate surface area is 185 Å². The van der Waals surface area contributed by atoms with Gasteiger partial charge in [-0.05, 0) is 12.8 Å². The van der Waals surface area contributed by atoms with Crippen LogP contribution >= 0.6 is 0 Å². The standard InChI is InChI=1S/C25H50O5/c1-4-6-7-8-9-10-11-12-13-14-15-16-17-18-19-22(24(28)23(27)20-26)21(5-2)25(29)30-3/h21-24,26-28H,4-20H2,1-3H3/t21-,22-,23-,24-/m1/s1. The highest BCUT2D eigenvalue weighted by Crippen LogP contribution is 2.28. The number of carbonyl (C=O) groups is 1. The molecule has 0 aromatic rings. The predicted molar refractivity (Wildman–Crippen MR) is 123 cm³/mol. The molecule has 0 aromatic heterocycles. The summed E-state index contributed by atoms with van der Waals surface area (Å²) in [6.07, 6.45) is 16.8. The zero-order chi connectivity index (χ0) is 22.6. The Hall–Kier alpha value is -0.650. The number of hydrogen-bond acceptors (Lipinski definition) is 5. The summed E-state index contributed by atoms with van der Waals surface area (Å²) >= 11 is 0. The van der Waals surface area contributed by atoms with Crippen molar-refractivity contribution in [2.75, 3.05) is 13.7 Å². The van der Waals surface area contributed by atoms with Crippen LogP contribution in [0, 0.1) is 11.8 Å². The number of aliphatic hydroxyl groups excluding tert-OH is 3. The maximum Gasteiger partial charge on any atom is 0.309 e. The Morgan fingerprint density at radius 3 is 1.57 bits per heavy atom. The molecule has 0 aliphatic carbocycles. The van der Waals surface area contributed by atoms with Crippen LogP contribution in [0.4, 0.5) is 0 Å². The van der Waals surface area contributed by atoms with Gasteiger partial charge in [0.05, 0.1) is 25.7 Å². The zero-order valence-electron chi connectivity index (χ0n) is 20.0. The second-order valence-corrected chi connectivity index (χ2v) is 8.83.